The molecule has 0 spiro atoms. The van der Waals surface area contributed by atoms with Crippen LogP contribution in [0.1, 0.15) is 27.2 Å². The Kier molecular flexibility index (Phi) is 9.61. The topological polar surface area (TPSA) is 57.5 Å². The highest BCUT2D eigenvalue weighted by Gasteiger charge is 1.95. The maximum absolute atomic E-state index is 10.3. The summed E-state index contributed by atoms with van der Waals surface area (Å²) in [6, 6.07) is 0. The highest BCUT2D eigenvalue weighted by molar-refractivity contribution is 5.75. The summed E-state index contributed by atoms with van der Waals surface area (Å²) in [5.41, 5.74) is 0. The van der Waals surface area contributed by atoms with Gasteiger partial charge in [-0.3, -0.25) is 10.5 Å². The van der Waals surface area contributed by atoms with Crippen LogP contribution in [-0.4, -0.2) is 16.3 Å². The van der Waals surface area contributed by atoms with Gasteiger partial charge in [-0.1, -0.05) is 13.8 Å². The molecule has 0 aliphatic carbocycles. The second kappa shape index (κ2) is 7.59. The summed E-state index contributed by atoms with van der Waals surface area (Å²) in [6.07, 6.45) is 0.722. The van der Waals surface area contributed by atoms with Crippen LogP contribution in [-0.2, 0) is 4.79 Å². The van der Waals surface area contributed by atoms with Crippen molar-refractivity contribution in [1.82, 2.24) is 0 Å². The van der Waals surface area contributed by atoms with Gasteiger partial charge in [-0.05, 0) is 12.8 Å². The highest BCUT2D eigenvalue weighted by atomic mass is 17.0. The van der Waals surface area contributed by atoms with Crippen molar-refractivity contribution < 1.29 is 15.3 Å². The quantitative estimate of drug-likeness (QED) is 0.446. The van der Waals surface area contributed by atoms with Crippen molar-refractivity contribution >= 4 is 5.78 Å². The van der Waals surface area contributed by atoms with Gasteiger partial charge in [-0.15, -0.1) is 0 Å². The number of rotatable bonds is 2. The molecule has 0 aromatic carbocycles. The molecule has 0 radical (unpaired) electrons. The number of hydrogen-bond acceptors (Lipinski definition) is 3. The molecule has 0 saturated heterocycles. The largest absolute Gasteiger partial charge is 0.300 e. The fourth-order valence-corrected chi connectivity index (χ4v) is 0.575. The van der Waals surface area contributed by atoms with Crippen LogP contribution >= 0.6 is 0 Å². The van der Waals surface area contributed by atoms with E-state index in [0.717, 1.165) is 6.42 Å². The maximum Gasteiger partial charge on any atom is 0.130 e. The lowest BCUT2D eigenvalue weighted by atomic mass is 10.1. The predicted molar refractivity (Wildman–Crippen MR) is 35.4 cm³/mol. The van der Waals surface area contributed by atoms with Gasteiger partial charge in [0.1, 0.15) is 5.78 Å². The number of hydrogen-bond donors (Lipinski definition) is 2. The van der Waals surface area contributed by atoms with Gasteiger partial charge in [0.05, 0.1) is 0 Å². The van der Waals surface area contributed by atoms with Gasteiger partial charge in [0, 0.05) is 6.42 Å². The van der Waals surface area contributed by atoms with Crippen LogP contribution in [0.3, 0.4) is 0 Å². The van der Waals surface area contributed by atoms with E-state index in [1.54, 1.807) is 6.92 Å². The number of Topliss-reactive ketones (excluding diaryl/α,β-unsaturated/α-hetero) is 1. The standard InChI is InChI=1S/C6H12O.H2O2/c1-5(2)4-6(3)7;1-2/h5H,4H2,1-3H3;1-2H. The average Bonchev–Trinajstić information content (AvgIpc) is 1.68. The average molecular weight is 134 g/mol. The summed E-state index contributed by atoms with van der Waals surface area (Å²) in [4.78, 5) is 10.3. The third-order valence-electron chi connectivity index (χ3n) is 0.696. The van der Waals surface area contributed by atoms with E-state index < -0.39 is 0 Å². The molecule has 0 unspecified atom stereocenters. The van der Waals surface area contributed by atoms with Gasteiger partial charge >= 0.3 is 0 Å². The maximum atomic E-state index is 10.3. The molecule has 0 fully saturated rings. The molecule has 3 heteroatoms. The van der Waals surface area contributed by atoms with E-state index in [9.17, 15) is 4.79 Å². The molecule has 0 saturated carbocycles. The Morgan fingerprint density at radius 2 is 1.78 bits per heavy atom. The molecular formula is C6H14O3. The second-order valence-corrected chi connectivity index (χ2v) is 2.30. The van der Waals surface area contributed by atoms with Crippen LogP contribution < -0.4 is 0 Å². The smallest absolute Gasteiger partial charge is 0.130 e. The molecule has 0 bridgehead atoms. The highest BCUT2D eigenvalue weighted by Crippen LogP contribution is 1.97. The van der Waals surface area contributed by atoms with Crippen molar-refractivity contribution in [2.45, 2.75) is 27.2 Å². The van der Waals surface area contributed by atoms with Gasteiger partial charge in [-0.2, -0.15) is 0 Å². The Bertz CT molecular complexity index is 68.7. The van der Waals surface area contributed by atoms with Gasteiger partial charge in [-0.25, -0.2) is 0 Å². The zero-order valence-corrected chi connectivity index (χ0v) is 6.09. The van der Waals surface area contributed by atoms with E-state index in [0.29, 0.717) is 5.92 Å². The molecular weight excluding hydrogens is 120 g/mol. The van der Waals surface area contributed by atoms with Crippen LogP contribution in [0.4, 0.5) is 0 Å². The molecule has 0 aliphatic rings. The lowest BCUT2D eigenvalue weighted by Crippen LogP contribution is -1.95. The summed E-state index contributed by atoms with van der Waals surface area (Å²) in [5.74, 6) is 0.813. The minimum absolute atomic E-state index is 0.287. The Balaban J connectivity index is 0. The Morgan fingerprint density at radius 1 is 1.44 bits per heavy atom. The zero-order valence-electron chi connectivity index (χ0n) is 6.09. The molecule has 0 aromatic heterocycles. The number of ketones is 1. The predicted octanol–water partition coefficient (Wildman–Crippen LogP) is 1.64. The summed E-state index contributed by atoms with van der Waals surface area (Å²) in [7, 11) is 0. The molecule has 0 rings (SSSR count). The monoisotopic (exact) mass is 134 g/mol. The molecule has 3 nitrogen and oxygen atoms in total. The Morgan fingerprint density at radius 3 is 1.78 bits per heavy atom. The zero-order chi connectivity index (χ0) is 7.86. The van der Waals surface area contributed by atoms with Crippen LogP contribution in [0.25, 0.3) is 0 Å². The van der Waals surface area contributed by atoms with Crippen LogP contribution in [0.2, 0.25) is 0 Å². The van der Waals surface area contributed by atoms with Crippen LogP contribution in [0.5, 0.6) is 0 Å². The summed E-state index contributed by atoms with van der Waals surface area (Å²) >= 11 is 0. The molecule has 2 N–H and O–H groups in total. The minimum atomic E-state index is 0.287. The van der Waals surface area contributed by atoms with E-state index in [4.69, 9.17) is 10.5 Å². The first kappa shape index (κ1) is 11.4. The molecule has 9 heavy (non-hydrogen) atoms. The van der Waals surface area contributed by atoms with Crippen molar-refractivity contribution in [2.75, 3.05) is 0 Å². The summed E-state index contributed by atoms with van der Waals surface area (Å²) < 4.78 is 0. The van der Waals surface area contributed by atoms with Gasteiger partial charge in [0.15, 0.2) is 0 Å². The van der Waals surface area contributed by atoms with Gasteiger partial charge in [0.25, 0.3) is 0 Å². The van der Waals surface area contributed by atoms with Crippen LogP contribution in [0, 0.1) is 5.92 Å². The Labute approximate surface area is 55.2 Å². The normalized spacial score (nSPS) is 8.22. The van der Waals surface area contributed by atoms with Crippen molar-refractivity contribution in [3.05, 3.63) is 0 Å². The first-order valence-electron chi connectivity index (χ1n) is 2.82. The SMILES string of the molecule is CC(=O)CC(C)C.OO. The second-order valence-electron chi connectivity index (χ2n) is 2.30. The lowest BCUT2D eigenvalue weighted by Gasteiger charge is -1.95. The van der Waals surface area contributed by atoms with E-state index in [1.807, 2.05) is 13.8 Å². The van der Waals surface area contributed by atoms with Crippen molar-refractivity contribution in [3.63, 3.8) is 0 Å². The van der Waals surface area contributed by atoms with E-state index in [-0.39, 0.29) is 5.78 Å². The lowest BCUT2D eigenvalue weighted by molar-refractivity contribution is -0.176. The fraction of sp³-hybridized carbons (Fsp3) is 0.833. The third-order valence-corrected chi connectivity index (χ3v) is 0.696. The fourth-order valence-electron chi connectivity index (χ4n) is 0.575. The molecule has 0 heterocycles. The van der Waals surface area contributed by atoms with Crippen molar-refractivity contribution in [1.29, 1.82) is 0 Å². The van der Waals surface area contributed by atoms with Gasteiger partial charge in [0.2, 0.25) is 0 Å². The third kappa shape index (κ3) is 18.4. The number of carbonyl (C=O) groups excluding carboxylic acids is 1. The summed E-state index contributed by atoms with van der Waals surface area (Å²) in [6.45, 7) is 5.71. The summed E-state index contributed by atoms with van der Waals surface area (Å²) in [5, 5.41) is 12.0. The molecule has 0 amide bonds. The molecule has 0 aromatic rings. The van der Waals surface area contributed by atoms with E-state index in [1.165, 1.54) is 0 Å². The van der Waals surface area contributed by atoms with Crippen molar-refractivity contribution in [3.8, 4) is 0 Å². The minimum Gasteiger partial charge on any atom is -0.300 e. The molecule has 0 aliphatic heterocycles. The first-order valence-corrected chi connectivity index (χ1v) is 2.82. The number of carbonyl (C=O) groups is 1. The first-order chi connectivity index (χ1) is 4.13. The molecule has 0 atom stereocenters. The molecule has 56 valence electrons. The Hall–Kier alpha value is -0.410. The van der Waals surface area contributed by atoms with Crippen LogP contribution in [0.15, 0.2) is 0 Å². The van der Waals surface area contributed by atoms with Crippen molar-refractivity contribution in [2.24, 2.45) is 5.92 Å². The van der Waals surface area contributed by atoms with E-state index >= 15 is 0 Å². The van der Waals surface area contributed by atoms with E-state index in [2.05, 4.69) is 0 Å². The van der Waals surface area contributed by atoms with Gasteiger partial charge < -0.3 is 4.79 Å².